The minimum atomic E-state index is -5.20. The van der Waals surface area contributed by atoms with Crippen molar-refractivity contribution < 1.29 is 72.8 Å². The maximum absolute atomic E-state index is 10.3. The Hall–Kier alpha value is 1.51. The average Bonchev–Trinajstić information content (AvgIpc) is 1.58. The van der Waals surface area contributed by atoms with Crippen LogP contribution in [-0.2, 0) is 48.1 Å². The number of hydrogen-bond acceptors (Lipinski definition) is 3. The van der Waals surface area contributed by atoms with Gasteiger partial charge in [0, 0.05) is 39.0 Å². The van der Waals surface area contributed by atoms with Gasteiger partial charge in [-0.15, -0.1) is 0 Å². The van der Waals surface area contributed by atoms with Crippen LogP contribution in [0.3, 0.4) is 0 Å². The Morgan fingerprint density at radius 1 is 0.923 bits per heavy atom. The molecule has 7 nitrogen and oxygen atoms in total. The van der Waals surface area contributed by atoms with Gasteiger partial charge in [0.2, 0.25) is 0 Å². The monoisotopic (exact) mass is 334 g/mol. The predicted octanol–water partition coefficient (Wildman–Crippen LogP) is -0.997. The van der Waals surface area contributed by atoms with Gasteiger partial charge in [0.05, 0.1) is 0 Å². The summed E-state index contributed by atoms with van der Waals surface area (Å²) in [5.74, 6) is 0. The van der Waals surface area contributed by atoms with Crippen LogP contribution in [0.2, 0.25) is 0 Å². The molecule has 5 N–H and O–H groups in total. The van der Waals surface area contributed by atoms with E-state index >= 15 is 0 Å². The number of rotatable bonds is 2. The van der Waals surface area contributed by atoms with Crippen molar-refractivity contribution in [1.82, 2.24) is 0 Å². The smallest absolute Gasteiger partial charge is 0.368 e. The van der Waals surface area contributed by atoms with E-state index in [1.165, 1.54) is 0 Å². The molecule has 0 spiro atoms. The first-order valence-electron chi connectivity index (χ1n) is 2.34. The van der Waals surface area contributed by atoms with E-state index in [-0.39, 0.29) is 39.0 Å². The van der Waals surface area contributed by atoms with Crippen LogP contribution in [0.5, 0.6) is 0 Å². The molecule has 0 aliphatic carbocycles. The molecular formula is C2H8O7P2Zn2. The average molecular weight is 337 g/mol. The normalized spacial score (nSPS) is 12.8. The van der Waals surface area contributed by atoms with Gasteiger partial charge in [-0.2, -0.15) is 0 Å². The fourth-order valence-corrected chi connectivity index (χ4v) is 1.53. The Labute approximate surface area is 99.8 Å². The molecule has 0 rings (SSSR count). The second-order valence-electron chi connectivity index (χ2n) is 2.06. The van der Waals surface area contributed by atoms with E-state index in [1.54, 1.807) is 0 Å². The van der Waals surface area contributed by atoms with E-state index in [1.807, 2.05) is 0 Å². The summed E-state index contributed by atoms with van der Waals surface area (Å²) in [5.41, 5.74) is 0. The third-order valence-electron chi connectivity index (χ3n) is 1.10. The summed E-state index contributed by atoms with van der Waals surface area (Å²) in [5, 5.41) is 5.37. The van der Waals surface area contributed by atoms with Crippen molar-refractivity contribution in [3.05, 3.63) is 0 Å². The molecular weight excluding hydrogens is 329 g/mol. The van der Waals surface area contributed by atoms with Crippen molar-refractivity contribution in [1.29, 1.82) is 0 Å². The van der Waals surface area contributed by atoms with Crippen LogP contribution in [0.4, 0.5) is 0 Å². The molecule has 0 saturated heterocycles. The molecule has 0 radical (unpaired) electrons. The molecule has 72 valence electrons. The summed E-state index contributed by atoms with van der Waals surface area (Å²) in [7, 11) is -10.4. The zero-order chi connectivity index (χ0) is 9.50. The molecule has 0 aliphatic heterocycles. The molecule has 0 fully saturated rings. The first-order valence-corrected chi connectivity index (χ1v) is 5.56. The Morgan fingerprint density at radius 2 is 1.08 bits per heavy atom. The van der Waals surface area contributed by atoms with Crippen molar-refractivity contribution in [3.8, 4) is 0 Å². The second-order valence-corrected chi connectivity index (χ2v) is 6.33. The summed E-state index contributed by atoms with van der Waals surface area (Å²) in [4.78, 5) is 33.0. The van der Waals surface area contributed by atoms with Gasteiger partial charge in [0.25, 0.3) is 5.08 Å². The number of aliphatic hydroxyl groups is 1. The van der Waals surface area contributed by atoms with E-state index in [4.69, 9.17) is 24.7 Å². The van der Waals surface area contributed by atoms with E-state index in [0.717, 1.165) is 0 Å². The second kappa shape index (κ2) is 5.55. The molecule has 11 heteroatoms. The van der Waals surface area contributed by atoms with Crippen molar-refractivity contribution in [3.63, 3.8) is 0 Å². The SMILES string of the molecule is CC(O)(P(=O)(O)O)P(=O)(O)O.[Zn].[Zn]. The maximum Gasteiger partial charge on any atom is 0.369 e. The maximum atomic E-state index is 10.3. The predicted molar refractivity (Wildman–Crippen MR) is 34.7 cm³/mol. The molecule has 0 amide bonds. The zero-order valence-corrected chi connectivity index (χ0v) is 14.6. The van der Waals surface area contributed by atoms with Gasteiger partial charge in [0.15, 0.2) is 0 Å². The van der Waals surface area contributed by atoms with E-state index in [2.05, 4.69) is 0 Å². The Balaban J connectivity index is -0.000000500. The van der Waals surface area contributed by atoms with Gasteiger partial charge in [-0.25, -0.2) is 0 Å². The van der Waals surface area contributed by atoms with Crippen LogP contribution in [0, 0.1) is 0 Å². The first kappa shape index (κ1) is 20.0. The van der Waals surface area contributed by atoms with Crippen LogP contribution >= 0.6 is 15.2 Å². The quantitative estimate of drug-likeness (QED) is 0.322. The summed E-state index contributed by atoms with van der Waals surface area (Å²) < 4.78 is 20.5. The van der Waals surface area contributed by atoms with Gasteiger partial charge in [-0.1, -0.05) is 0 Å². The standard InChI is InChI=1S/C2H8O7P2.2Zn/c1-2(3,10(4,5)6)11(7,8)9;;/h3H,1H3,(H2,4,5,6)(H2,7,8,9);;. The van der Waals surface area contributed by atoms with Gasteiger partial charge in [-0.05, 0) is 6.92 Å². The third kappa shape index (κ3) is 4.70. The van der Waals surface area contributed by atoms with Crippen LogP contribution in [0.25, 0.3) is 0 Å². The molecule has 0 heterocycles. The molecule has 13 heavy (non-hydrogen) atoms. The Bertz CT molecular complexity index is 215. The van der Waals surface area contributed by atoms with Gasteiger partial charge in [-0.3, -0.25) is 9.13 Å². The summed E-state index contributed by atoms with van der Waals surface area (Å²) in [6, 6.07) is 0. The minimum absolute atomic E-state index is 0. The zero-order valence-electron chi connectivity index (χ0n) is 6.86. The molecule has 0 aromatic heterocycles. The van der Waals surface area contributed by atoms with Crippen molar-refractivity contribution >= 4 is 15.2 Å². The van der Waals surface area contributed by atoms with Crippen molar-refractivity contribution in [2.75, 3.05) is 0 Å². The van der Waals surface area contributed by atoms with Crippen LogP contribution in [-0.4, -0.2) is 29.8 Å². The minimum Gasteiger partial charge on any atom is -0.368 e. The van der Waals surface area contributed by atoms with E-state index in [0.29, 0.717) is 6.92 Å². The Kier molecular flexibility index (Phi) is 8.54. The van der Waals surface area contributed by atoms with Crippen molar-refractivity contribution in [2.45, 2.75) is 12.0 Å². The molecule has 0 atom stereocenters. The fraction of sp³-hybridized carbons (Fsp3) is 1.00. The van der Waals surface area contributed by atoms with Crippen molar-refractivity contribution in [2.24, 2.45) is 0 Å². The van der Waals surface area contributed by atoms with Crippen LogP contribution in [0.15, 0.2) is 0 Å². The van der Waals surface area contributed by atoms with Gasteiger partial charge >= 0.3 is 15.2 Å². The first-order chi connectivity index (χ1) is 4.50. The third-order valence-corrected chi connectivity index (χ3v) is 4.87. The molecule has 0 saturated carbocycles. The van der Waals surface area contributed by atoms with Gasteiger partial charge in [0.1, 0.15) is 0 Å². The summed E-state index contributed by atoms with van der Waals surface area (Å²) in [6.45, 7) is 0.383. The van der Waals surface area contributed by atoms with Crippen LogP contribution < -0.4 is 0 Å². The molecule has 0 unspecified atom stereocenters. The Morgan fingerprint density at radius 3 is 1.08 bits per heavy atom. The summed E-state index contributed by atoms with van der Waals surface area (Å²) in [6.07, 6.45) is 0. The molecule has 0 bridgehead atoms. The number of hydrogen-bond donors (Lipinski definition) is 5. The largest absolute Gasteiger partial charge is 0.369 e. The molecule has 0 aromatic rings. The van der Waals surface area contributed by atoms with E-state index < -0.39 is 20.3 Å². The van der Waals surface area contributed by atoms with E-state index in [9.17, 15) is 9.13 Å². The molecule has 0 aromatic carbocycles. The van der Waals surface area contributed by atoms with Crippen LogP contribution in [0.1, 0.15) is 6.92 Å². The fourth-order valence-electron chi connectivity index (χ4n) is 0.170. The van der Waals surface area contributed by atoms with Gasteiger partial charge < -0.3 is 24.7 Å². The molecule has 0 aliphatic rings. The summed E-state index contributed by atoms with van der Waals surface area (Å²) >= 11 is 0. The topological polar surface area (TPSA) is 135 Å².